The van der Waals surface area contributed by atoms with Crippen LogP contribution in [0.2, 0.25) is 0 Å². The number of ether oxygens (including phenoxy) is 1. The molecule has 0 spiro atoms. The summed E-state index contributed by atoms with van der Waals surface area (Å²) in [7, 11) is 0. The lowest BCUT2D eigenvalue weighted by atomic mass is 10.00. The minimum atomic E-state index is 0.325. The van der Waals surface area contributed by atoms with E-state index in [9.17, 15) is 0 Å². The van der Waals surface area contributed by atoms with Crippen LogP contribution in [0.15, 0.2) is 23.7 Å². The molecule has 3 heteroatoms. The zero-order valence-electron chi connectivity index (χ0n) is 9.11. The van der Waals surface area contributed by atoms with Gasteiger partial charge in [-0.15, -0.1) is 0 Å². The van der Waals surface area contributed by atoms with Gasteiger partial charge in [-0.05, 0) is 37.8 Å². The molecule has 2 atom stereocenters. The van der Waals surface area contributed by atoms with Gasteiger partial charge in [0, 0.05) is 24.9 Å². The first kappa shape index (κ1) is 10.7. The standard InChI is InChI=1S/C12H20N2O/c13-9-1-5-11(6-2-9)15-12-7-3-10(14)4-8-12/h5,7,9-10H,1-4,6,8,13-14H2. The summed E-state index contributed by atoms with van der Waals surface area (Å²) in [5.41, 5.74) is 11.6. The molecule has 0 aliphatic heterocycles. The molecule has 0 saturated heterocycles. The van der Waals surface area contributed by atoms with Gasteiger partial charge in [-0.25, -0.2) is 0 Å². The molecule has 0 aromatic carbocycles. The van der Waals surface area contributed by atoms with Gasteiger partial charge < -0.3 is 16.2 Å². The second-order valence-corrected chi connectivity index (χ2v) is 4.51. The second kappa shape index (κ2) is 4.81. The van der Waals surface area contributed by atoms with Gasteiger partial charge in [-0.1, -0.05) is 0 Å². The van der Waals surface area contributed by atoms with Crippen LogP contribution in [0.3, 0.4) is 0 Å². The van der Waals surface area contributed by atoms with Crippen LogP contribution >= 0.6 is 0 Å². The third kappa shape index (κ3) is 3.08. The van der Waals surface area contributed by atoms with Crippen molar-refractivity contribution in [3.8, 4) is 0 Å². The first-order chi connectivity index (χ1) is 7.24. The average Bonchev–Trinajstić information content (AvgIpc) is 2.25. The zero-order valence-corrected chi connectivity index (χ0v) is 9.11. The van der Waals surface area contributed by atoms with Crippen molar-refractivity contribution < 1.29 is 4.74 Å². The predicted molar refractivity (Wildman–Crippen MR) is 60.9 cm³/mol. The van der Waals surface area contributed by atoms with E-state index in [2.05, 4.69) is 12.2 Å². The van der Waals surface area contributed by atoms with Crippen LogP contribution in [0.25, 0.3) is 0 Å². The highest BCUT2D eigenvalue weighted by atomic mass is 16.5. The van der Waals surface area contributed by atoms with Crippen LogP contribution in [0.1, 0.15) is 38.5 Å². The Morgan fingerprint density at radius 1 is 0.933 bits per heavy atom. The van der Waals surface area contributed by atoms with E-state index in [1.165, 1.54) is 0 Å². The third-order valence-corrected chi connectivity index (χ3v) is 3.08. The van der Waals surface area contributed by atoms with Crippen LogP contribution in [-0.2, 0) is 4.74 Å². The van der Waals surface area contributed by atoms with Crippen molar-refractivity contribution >= 4 is 0 Å². The molecule has 0 bridgehead atoms. The molecule has 0 heterocycles. The van der Waals surface area contributed by atoms with E-state index >= 15 is 0 Å². The molecule has 2 aliphatic carbocycles. The molecule has 0 fully saturated rings. The largest absolute Gasteiger partial charge is 0.467 e. The average molecular weight is 208 g/mol. The van der Waals surface area contributed by atoms with Crippen molar-refractivity contribution in [3.05, 3.63) is 23.7 Å². The lowest BCUT2D eigenvalue weighted by molar-refractivity contribution is 0.251. The molecule has 3 nitrogen and oxygen atoms in total. The van der Waals surface area contributed by atoms with Crippen LogP contribution < -0.4 is 11.5 Å². The van der Waals surface area contributed by atoms with Gasteiger partial charge >= 0.3 is 0 Å². The molecule has 2 aliphatic rings. The number of nitrogens with two attached hydrogens (primary N) is 2. The van der Waals surface area contributed by atoms with E-state index in [1.54, 1.807) is 0 Å². The van der Waals surface area contributed by atoms with Gasteiger partial charge in [0.05, 0.1) is 11.5 Å². The van der Waals surface area contributed by atoms with Gasteiger partial charge in [0.15, 0.2) is 0 Å². The van der Waals surface area contributed by atoms with Crippen LogP contribution in [-0.4, -0.2) is 12.1 Å². The number of rotatable bonds is 2. The molecule has 2 unspecified atom stereocenters. The highest BCUT2D eigenvalue weighted by molar-refractivity contribution is 5.08. The molecular weight excluding hydrogens is 188 g/mol. The Bertz CT molecular complexity index is 255. The van der Waals surface area contributed by atoms with E-state index in [1.807, 2.05) is 0 Å². The molecule has 2 rings (SSSR count). The first-order valence-electron chi connectivity index (χ1n) is 5.81. The van der Waals surface area contributed by atoms with Crippen molar-refractivity contribution in [2.24, 2.45) is 11.5 Å². The van der Waals surface area contributed by atoms with Crippen LogP contribution in [0.5, 0.6) is 0 Å². The summed E-state index contributed by atoms with van der Waals surface area (Å²) in [6.07, 6.45) is 10.2. The number of allylic oxidation sites excluding steroid dienone is 2. The van der Waals surface area contributed by atoms with E-state index in [-0.39, 0.29) is 0 Å². The highest BCUT2D eigenvalue weighted by Gasteiger charge is 2.15. The number of hydrogen-bond donors (Lipinski definition) is 2. The Morgan fingerprint density at radius 3 is 1.73 bits per heavy atom. The van der Waals surface area contributed by atoms with E-state index in [4.69, 9.17) is 16.2 Å². The van der Waals surface area contributed by atoms with Crippen molar-refractivity contribution in [2.45, 2.75) is 50.6 Å². The van der Waals surface area contributed by atoms with Gasteiger partial charge in [0.25, 0.3) is 0 Å². The summed E-state index contributed by atoms with van der Waals surface area (Å²) < 4.78 is 5.84. The maximum atomic E-state index is 5.84. The SMILES string of the molecule is NC1CC=C(OC2=CCC(N)CC2)CC1. The quantitative estimate of drug-likeness (QED) is 0.727. The predicted octanol–water partition coefficient (Wildman–Crippen LogP) is 1.79. The Kier molecular flexibility index (Phi) is 3.44. The van der Waals surface area contributed by atoms with Gasteiger partial charge in [-0.2, -0.15) is 0 Å². The highest BCUT2D eigenvalue weighted by Crippen LogP contribution is 2.25. The molecule has 4 N–H and O–H groups in total. The van der Waals surface area contributed by atoms with Crippen molar-refractivity contribution in [1.29, 1.82) is 0 Å². The second-order valence-electron chi connectivity index (χ2n) is 4.51. The Balaban J connectivity index is 1.87. The molecule has 0 saturated carbocycles. The fourth-order valence-corrected chi connectivity index (χ4v) is 2.01. The fourth-order valence-electron chi connectivity index (χ4n) is 2.01. The van der Waals surface area contributed by atoms with E-state index in [0.29, 0.717) is 12.1 Å². The lowest BCUT2D eigenvalue weighted by Crippen LogP contribution is -2.23. The third-order valence-electron chi connectivity index (χ3n) is 3.08. The van der Waals surface area contributed by atoms with Crippen LogP contribution in [0.4, 0.5) is 0 Å². The summed E-state index contributed by atoms with van der Waals surface area (Å²) in [6.45, 7) is 0. The lowest BCUT2D eigenvalue weighted by Gasteiger charge is -2.23. The minimum absolute atomic E-state index is 0.325. The number of hydrogen-bond acceptors (Lipinski definition) is 3. The Labute approximate surface area is 91.2 Å². The molecule has 15 heavy (non-hydrogen) atoms. The van der Waals surface area contributed by atoms with Crippen molar-refractivity contribution in [2.75, 3.05) is 0 Å². The van der Waals surface area contributed by atoms with Gasteiger partial charge in [0.2, 0.25) is 0 Å². The molecule has 0 radical (unpaired) electrons. The van der Waals surface area contributed by atoms with Gasteiger partial charge in [-0.3, -0.25) is 0 Å². The fraction of sp³-hybridized carbons (Fsp3) is 0.667. The monoisotopic (exact) mass is 208 g/mol. The molecule has 0 amide bonds. The Hall–Kier alpha value is -0.800. The molecule has 0 aromatic rings. The Morgan fingerprint density at radius 2 is 1.40 bits per heavy atom. The summed E-state index contributed by atoms with van der Waals surface area (Å²) in [4.78, 5) is 0. The topological polar surface area (TPSA) is 61.3 Å². The van der Waals surface area contributed by atoms with E-state index < -0.39 is 0 Å². The van der Waals surface area contributed by atoms with Crippen LogP contribution in [0, 0.1) is 0 Å². The van der Waals surface area contributed by atoms with E-state index in [0.717, 1.165) is 50.0 Å². The summed E-state index contributed by atoms with van der Waals surface area (Å²) in [5, 5.41) is 0. The normalized spacial score (nSPS) is 31.9. The smallest absolute Gasteiger partial charge is 0.0997 e. The first-order valence-corrected chi connectivity index (χ1v) is 5.81. The summed E-state index contributed by atoms with van der Waals surface area (Å²) in [5.74, 6) is 2.19. The summed E-state index contributed by atoms with van der Waals surface area (Å²) >= 11 is 0. The van der Waals surface area contributed by atoms with Crippen molar-refractivity contribution in [3.63, 3.8) is 0 Å². The maximum Gasteiger partial charge on any atom is 0.0997 e. The molecule has 0 aromatic heterocycles. The maximum absolute atomic E-state index is 5.84. The minimum Gasteiger partial charge on any atom is -0.467 e. The van der Waals surface area contributed by atoms with Crippen molar-refractivity contribution in [1.82, 2.24) is 0 Å². The molecular formula is C12H20N2O. The summed E-state index contributed by atoms with van der Waals surface area (Å²) in [6, 6.07) is 0.650. The zero-order chi connectivity index (χ0) is 10.7. The van der Waals surface area contributed by atoms with Gasteiger partial charge in [0.1, 0.15) is 0 Å². The molecule has 84 valence electrons.